The maximum Gasteiger partial charge on any atom is 0.307 e. The Hall–Kier alpha value is -10.6. The average molecular weight is 1580 g/mol. The molecular weight excluding hydrogens is 1480 g/mol. The summed E-state index contributed by atoms with van der Waals surface area (Å²) in [6.45, 7) is 14.3. The number of likely N-dealkylation sites (tertiary alicyclic amines) is 2. The van der Waals surface area contributed by atoms with Gasteiger partial charge in [-0.2, -0.15) is 0 Å². The van der Waals surface area contributed by atoms with Crippen LogP contribution < -0.4 is 51.4 Å². The molecule has 1 aliphatic carbocycles. The van der Waals surface area contributed by atoms with Gasteiger partial charge in [0.05, 0.1) is 48.1 Å². The van der Waals surface area contributed by atoms with Crippen LogP contribution >= 0.6 is 0 Å². The molecule has 7 heterocycles. The first kappa shape index (κ1) is 84.3. The second kappa shape index (κ2) is 36.7. The van der Waals surface area contributed by atoms with Gasteiger partial charge in [-0.15, -0.1) is 5.10 Å². The van der Waals surface area contributed by atoms with Crippen LogP contribution in [0.3, 0.4) is 0 Å². The number of hydrogen-bond donors (Lipinski definition) is 9. The normalized spacial score (nSPS) is 22.5. The Kier molecular flexibility index (Phi) is 27.1. The van der Waals surface area contributed by atoms with Crippen molar-refractivity contribution in [3.8, 4) is 11.5 Å². The van der Waals surface area contributed by atoms with Crippen molar-refractivity contribution in [2.24, 2.45) is 22.7 Å². The van der Waals surface area contributed by atoms with Gasteiger partial charge in [0.1, 0.15) is 60.1 Å². The predicted octanol–water partition coefficient (Wildman–Crippen LogP) is 6.36. The second-order valence-corrected chi connectivity index (χ2v) is 35.0. The average Bonchev–Trinajstić information content (AvgIpc) is 1.59. The van der Waals surface area contributed by atoms with Crippen LogP contribution in [0.1, 0.15) is 141 Å². The zero-order chi connectivity index (χ0) is 81.9. The molecule has 7 aliphatic rings. The van der Waals surface area contributed by atoms with E-state index in [-0.39, 0.29) is 70.7 Å². The van der Waals surface area contributed by atoms with Gasteiger partial charge in [0.15, 0.2) is 5.78 Å². The van der Waals surface area contributed by atoms with Gasteiger partial charge in [0.2, 0.25) is 51.4 Å². The standard InChI is InChI=1S/C85H107N13O15S/c1-50(86-9)75(100)91-73(84(3,4)5)81(106)96-46-56-17-15-16-36-112-64-30-24-52(25-31-64)37-61(83(108)109)44-72(99)67(41-54-22-28-57-18-11-13-20-59(57)38-54)88-80(105)71-45-63(48-97(71)82(107)74(85(6,7)8)92-76(101)51(2)87-10)98-47-62(93-95-98)49-113-65-32-26-53(27-33-65)40-69(78(103)94-114(110,111)66-34-35-66)89-77(102)68(90-79(104)70(96)43-56)42-55-23-29-58-19-12-14-21-60(58)39-55/h11-14,18-33,38-39,47,50-51,56,61,63,66-71,73-74,86-87H,15-17,34-37,40-46,48-49H2,1-10H3,(H,88,105)(H,89,102)(H,90,104)(H,91,100)(H,92,101)(H,94,103)(H,108,109)/t50-,51-,56-,61+,63-,67-,68-,69-,70-,71-,73+,74+/m0/s1. The van der Waals surface area contributed by atoms with Gasteiger partial charge in [-0.3, -0.25) is 52.7 Å². The Bertz CT molecular complexity index is 4790. The molecule has 14 rings (SSSR count). The highest BCUT2D eigenvalue weighted by Gasteiger charge is 2.49. The lowest BCUT2D eigenvalue weighted by Crippen LogP contribution is -2.61. The van der Waals surface area contributed by atoms with Crippen LogP contribution in [0, 0.1) is 22.7 Å². The number of carboxylic acid groups (broad SMARTS) is 1. The molecule has 2 saturated heterocycles. The zero-order valence-corrected chi connectivity index (χ0v) is 67.2. The summed E-state index contributed by atoms with van der Waals surface area (Å²) in [5, 5.41) is 43.0. The third-order valence-corrected chi connectivity index (χ3v) is 24.0. The van der Waals surface area contributed by atoms with Crippen LogP contribution in [0.2, 0.25) is 0 Å². The summed E-state index contributed by atoms with van der Waals surface area (Å²) in [6, 6.07) is 29.0. The fraction of sp³-hybridized carbons (Fsp3) is 0.482. The molecule has 0 radical (unpaired) electrons. The van der Waals surface area contributed by atoms with Crippen molar-refractivity contribution in [2.75, 3.05) is 33.8 Å². The molecule has 10 bridgehead atoms. The van der Waals surface area contributed by atoms with Crippen LogP contribution in [-0.4, -0.2) is 191 Å². The SMILES string of the molecule is CN[C@@H](C)C(=O)N[C@H](C(=O)N1C[C@@H]2C[C@H]1C(=O)N[C@@H](Cc1ccc3ccccc3c1)C(=O)C[C@H](C(=O)O)Cc1ccc(cc1)OCCCC[C@H]1C[C@@H](C(=O)N[C@@H](Cc3ccc4ccccc4c3)C(=O)N[C@H](C(=O)NS(=O)(=O)C3CC3)Cc3ccc(cc3)OCc3cn2nn3)N(C(=O)[C@@H](NC(=O)[C@H](C)NC)C(C)(C)C)C1)C(C)(C)C. The first-order valence-electron chi connectivity index (χ1n) is 39.3. The van der Waals surface area contributed by atoms with Crippen molar-refractivity contribution in [1.82, 2.24) is 66.7 Å². The lowest BCUT2D eigenvalue weighted by atomic mass is 9.85. The third kappa shape index (κ3) is 21.6. The minimum Gasteiger partial charge on any atom is -0.494 e. The molecule has 3 fully saturated rings. The van der Waals surface area contributed by atoms with Gasteiger partial charge in [0.25, 0.3) is 5.91 Å². The number of rotatable bonds is 16. The number of fused-ring (bicyclic) bond motifs is 2. The van der Waals surface area contributed by atoms with Gasteiger partial charge in [-0.25, -0.2) is 13.1 Å². The number of carboxylic acids is 1. The van der Waals surface area contributed by atoms with Crippen LogP contribution in [0.5, 0.6) is 11.5 Å². The van der Waals surface area contributed by atoms with E-state index >= 15 is 28.8 Å². The van der Waals surface area contributed by atoms with E-state index in [4.69, 9.17) is 9.47 Å². The fourth-order valence-electron chi connectivity index (χ4n) is 14.9. The number of ether oxygens (including phenoxy) is 2. The minimum atomic E-state index is -4.16. The van der Waals surface area contributed by atoms with Crippen molar-refractivity contribution in [3.05, 3.63) is 168 Å². The quantitative estimate of drug-likeness (QED) is 0.0508. The smallest absolute Gasteiger partial charge is 0.307 e. The largest absolute Gasteiger partial charge is 0.494 e. The van der Waals surface area contributed by atoms with Gasteiger partial charge >= 0.3 is 5.97 Å². The van der Waals surface area contributed by atoms with Crippen molar-refractivity contribution in [1.29, 1.82) is 0 Å². The maximum absolute atomic E-state index is 15.4. The van der Waals surface area contributed by atoms with Crippen LogP contribution in [-0.2, 0) is 90.3 Å². The number of aromatic nitrogens is 3. The third-order valence-electron chi connectivity index (χ3n) is 22.1. The molecule has 8 amide bonds. The van der Waals surface area contributed by atoms with Crippen LogP contribution in [0.25, 0.3) is 21.5 Å². The summed E-state index contributed by atoms with van der Waals surface area (Å²) in [4.78, 5) is 150. The lowest BCUT2D eigenvalue weighted by molar-refractivity contribution is -0.145. The Morgan fingerprint density at radius 3 is 1.63 bits per heavy atom. The van der Waals surface area contributed by atoms with E-state index in [0.717, 1.165) is 21.5 Å². The molecule has 9 N–H and O–H groups in total. The van der Waals surface area contributed by atoms with Gasteiger partial charge in [0, 0.05) is 38.8 Å². The van der Waals surface area contributed by atoms with E-state index in [0.29, 0.717) is 71.6 Å². The van der Waals surface area contributed by atoms with Gasteiger partial charge in [-0.05, 0) is 164 Å². The first-order valence-corrected chi connectivity index (χ1v) is 40.8. The fourth-order valence-corrected chi connectivity index (χ4v) is 16.3. The molecule has 1 saturated carbocycles. The Morgan fingerprint density at radius 2 is 1.10 bits per heavy atom. The summed E-state index contributed by atoms with van der Waals surface area (Å²) in [6.07, 6.45) is 3.22. The number of aliphatic carboxylic acids is 1. The first-order chi connectivity index (χ1) is 54.2. The molecular formula is C85H107N13O15S. The molecule has 1 aromatic heterocycles. The molecule has 29 heteroatoms. The number of nitrogens with zero attached hydrogens (tertiary/aromatic N) is 5. The number of sulfonamides is 1. The van der Waals surface area contributed by atoms with Gasteiger partial charge in [-0.1, -0.05) is 156 Å². The van der Waals surface area contributed by atoms with Crippen molar-refractivity contribution in [2.45, 2.75) is 205 Å². The summed E-state index contributed by atoms with van der Waals surface area (Å²) in [7, 11) is -0.919. The molecule has 0 unspecified atom stereocenters. The zero-order valence-electron chi connectivity index (χ0n) is 66.4. The molecule has 608 valence electrons. The van der Waals surface area contributed by atoms with E-state index in [2.05, 4.69) is 52.3 Å². The predicted molar refractivity (Wildman–Crippen MR) is 429 cm³/mol. The van der Waals surface area contributed by atoms with Crippen LogP contribution in [0.4, 0.5) is 0 Å². The monoisotopic (exact) mass is 1580 g/mol. The molecule has 7 aromatic rings. The Labute approximate surface area is 665 Å². The highest BCUT2D eigenvalue weighted by atomic mass is 32.2. The number of hydrogen-bond acceptors (Lipinski definition) is 18. The number of carbonyl (C=O) groups is 10. The number of carbonyl (C=O) groups excluding carboxylic acids is 9. The number of amides is 8. The molecule has 6 aliphatic heterocycles. The maximum atomic E-state index is 15.4. The van der Waals surface area contributed by atoms with Crippen molar-refractivity contribution in [3.63, 3.8) is 0 Å². The van der Waals surface area contributed by atoms with E-state index in [1.165, 1.54) is 14.5 Å². The van der Waals surface area contributed by atoms with E-state index in [1.54, 1.807) is 103 Å². The Balaban J connectivity index is 0.921. The lowest BCUT2D eigenvalue weighted by Gasteiger charge is -2.36. The number of Topliss-reactive ketones (excluding diaryl/α,β-unsaturated/α-hetero) is 1. The summed E-state index contributed by atoms with van der Waals surface area (Å²) in [5.41, 5.74) is 0.996. The van der Waals surface area contributed by atoms with Crippen LogP contribution in [0.15, 0.2) is 140 Å². The summed E-state index contributed by atoms with van der Waals surface area (Å²) < 4.78 is 43.3. The number of likely N-dealkylation sites (N-methyl/N-ethyl adjacent to an activating group) is 2. The molecule has 0 spiro atoms. The van der Waals surface area contributed by atoms with Crippen molar-refractivity contribution >= 4 is 90.6 Å². The number of nitrogens with one attached hydrogen (secondary N) is 8. The molecule has 6 aromatic carbocycles. The summed E-state index contributed by atoms with van der Waals surface area (Å²) in [5.74, 6) is -7.59. The molecule has 12 atom stereocenters. The van der Waals surface area contributed by atoms with Gasteiger partial charge < -0.3 is 61.6 Å². The van der Waals surface area contributed by atoms with E-state index in [9.17, 15) is 32.7 Å². The number of ketones is 1. The van der Waals surface area contributed by atoms with Crippen molar-refractivity contribution < 1.29 is 70.9 Å². The topological polar surface area (TPSA) is 377 Å². The minimum absolute atomic E-state index is 0.0270. The molecule has 28 nitrogen and oxygen atoms in total. The van der Waals surface area contributed by atoms with E-state index in [1.807, 2.05) is 106 Å². The molecule has 114 heavy (non-hydrogen) atoms. The highest BCUT2D eigenvalue weighted by molar-refractivity contribution is 7.91. The Morgan fingerprint density at radius 1 is 0.588 bits per heavy atom. The summed E-state index contributed by atoms with van der Waals surface area (Å²) >= 11 is 0. The second-order valence-electron chi connectivity index (χ2n) is 33.0. The number of benzene rings is 6. The highest BCUT2D eigenvalue weighted by Crippen LogP contribution is 2.35. The van der Waals surface area contributed by atoms with E-state index < -0.39 is 158 Å².